The third-order valence-electron chi connectivity index (χ3n) is 3.33. The van der Waals surface area contributed by atoms with Crippen LogP contribution in [-0.2, 0) is 0 Å². The van der Waals surface area contributed by atoms with Gasteiger partial charge in [0.05, 0.1) is 17.8 Å². The zero-order chi connectivity index (χ0) is 13.8. The summed E-state index contributed by atoms with van der Waals surface area (Å²) in [5.41, 5.74) is 0. The second-order valence-electron chi connectivity index (χ2n) is 4.79. The predicted octanol–water partition coefficient (Wildman–Crippen LogP) is 2.43. The Morgan fingerprint density at radius 3 is 2.95 bits per heavy atom. The molecule has 1 atom stereocenters. The van der Waals surface area contributed by atoms with Gasteiger partial charge in [0, 0.05) is 37.6 Å². The van der Waals surface area contributed by atoms with E-state index in [1.165, 1.54) is 0 Å². The molecule has 0 radical (unpaired) electrons. The van der Waals surface area contributed by atoms with Crippen molar-refractivity contribution in [2.24, 2.45) is 5.92 Å². The molecule has 2 aromatic rings. The van der Waals surface area contributed by atoms with E-state index in [2.05, 4.69) is 19.9 Å². The SMILES string of the molecule is Clc1ccc(N2CCC(COc3cnccn3)C2)nc1. The van der Waals surface area contributed by atoms with E-state index in [0.717, 1.165) is 25.3 Å². The summed E-state index contributed by atoms with van der Waals surface area (Å²) in [7, 11) is 0. The van der Waals surface area contributed by atoms with E-state index in [4.69, 9.17) is 16.3 Å². The van der Waals surface area contributed by atoms with Crippen molar-refractivity contribution in [2.75, 3.05) is 24.6 Å². The quantitative estimate of drug-likeness (QED) is 0.865. The Labute approximate surface area is 122 Å². The third kappa shape index (κ3) is 3.17. The number of aromatic nitrogens is 3. The molecule has 3 heterocycles. The Morgan fingerprint density at radius 1 is 1.25 bits per heavy atom. The van der Waals surface area contributed by atoms with E-state index in [1.54, 1.807) is 24.8 Å². The van der Waals surface area contributed by atoms with Gasteiger partial charge < -0.3 is 9.64 Å². The van der Waals surface area contributed by atoms with Gasteiger partial charge >= 0.3 is 0 Å². The van der Waals surface area contributed by atoms with Gasteiger partial charge in [-0.15, -0.1) is 0 Å². The topological polar surface area (TPSA) is 51.1 Å². The van der Waals surface area contributed by atoms with Crippen LogP contribution in [-0.4, -0.2) is 34.6 Å². The lowest BCUT2D eigenvalue weighted by Crippen LogP contribution is -2.22. The minimum atomic E-state index is 0.481. The monoisotopic (exact) mass is 290 g/mol. The summed E-state index contributed by atoms with van der Waals surface area (Å²) in [6.45, 7) is 2.58. The van der Waals surface area contributed by atoms with Crippen molar-refractivity contribution in [3.05, 3.63) is 41.9 Å². The van der Waals surface area contributed by atoms with Crippen LogP contribution in [0.4, 0.5) is 5.82 Å². The molecule has 0 aliphatic carbocycles. The van der Waals surface area contributed by atoms with Crippen molar-refractivity contribution in [1.29, 1.82) is 0 Å². The fourth-order valence-electron chi connectivity index (χ4n) is 2.30. The Morgan fingerprint density at radius 2 is 2.20 bits per heavy atom. The van der Waals surface area contributed by atoms with Crippen LogP contribution in [0.25, 0.3) is 0 Å². The first-order chi connectivity index (χ1) is 9.81. The molecule has 1 unspecified atom stereocenters. The van der Waals surface area contributed by atoms with Crippen molar-refractivity contribution in [3.63, 3.8) is 0 Å². The van der Waals surface area contributed by atoms with Gasteiger partial charge in [-0.1, -0.05) is 11.6 Å². The van der Waals surface area contributed by atoms with Crippen molar-refractivity contribution in [2.45, 2.75) is 6.42 Å². The molecule has 0 bridgehead atoms. The predicted molar refractivity (Wildman–Crippen MR) is 77.1 cm³/mol. The van der Waals surface area contributed by atoms with Crippen molar-refractivity contribution in [1.82, 2.24) is 15.0 Å². The highest BCUT2D eigenvalue weighted by Crippen LogP contribution is 2.23. The summed E-state index contributed by atoms with van der Waals surface area (Å²) < 4.78 is 5.65. The van der Waals surface area contributed by atoms with Crippen molar-refractivity contribution >= 4 is 17.4 Å². The largest absolute Gasteiger partial charge is 0.476 e. The van der Waals surface area contributed by atoms with Gasteiger partial charge in [-0.25, -0.2) is 9.97 Å². The molecule has 0 aromatic carbocycles. The van der Waals surface area contributed by atoms with Gasteiger partial charge in [-0.2, -0.15) is 0 Å². The maximum Gasteiger partial charge on any atom is 0.232 e. The highest BCUT2D eigenvalue weighted by Gasteiger charge is 2.24. The first-order valence-corrected chi connectivity index (χ1v) is 6.94. The summed E-state index contributed by atoms with van der Waals surface area (Å²) in [6.07, 6.45) is 7.67. The second kappa shape index (κ2) is 6.05. The molecule has 1 fully saturated rings. The summed E-state index contributed by atoms with van der Waals surface area (Å²) in [5.74, 6) is 2.03. The molecule has 3 rings (SSSR count). The molecule has 1 aliphatic heterocycles. The lowest BCUT2D eigenvalue weighted by Gasteiger charge is -2.17. The van der Waals surface area contributed by atoms with Gasteiger partial charge in [0.1, 0.15) is 5.82 Å². The summed E-state index contributed by atoms with van der Waals surface area (Å²) in [4.78, 5) is 14.7. The Bertz CT molecular complexity index is 549. The summed E-state index contributed by atoms with van der Waals surface area (Å²) in [5, 5.41) is 0.662. The van der Waals surface area contributed by atoms with Crippen LogP contribution < -0.4 is 9.64 Å². The third-order valence-corrected chi connectivity index (χ3v) is 3.55. The van der Waals surface area contributed by atoms with Crippen LogP contribution in [0.3, 0.4) is 0 Å². The average Bonchev–Trinajstić information content (AvgIpc) is 2.96. The highest BCUT2D eigenvalue weighted by molar-refractivity contribution is 6.30. The number of pyridine rings is 1. The number of hydrogen-bond acceptors (Lipinski definition) is 5. The number of ether oxygens (including phenoxy) is 1. The average molecular weight is 291 g/mol. The summed E-state index contributed by atoms with van der Waals surface area (Å²) >= 11 is 5.85. The lowest BCUT2D eigenvalue weighted by atomic mass is 10.1. The van der Waals surface area contributed by atoms with Crippen molar-refractivity contribution in [3.8, 4) is 5.88 Å². The van der Waals surface area contributed by atoms with Gasteiger partial charge in [-0.3, -0.25) is 4.98 Å². The molecule has 1 aliphatic rings. The lowest BCUT2D eigenvalue weighted by molar-refractivity contribution is 0.251. The molecule has 104 valence electrons. The number of hydrogen-bond donors (Lipinski definition) is 0. The normalized spacial score (nSPS) is 18.2. The number of anilines is 1. The minimum absolute atomic E-state index is 0.481. The number of rotatable bonds is 4. The van der Waals surface area contributed by atoms with Crippen LogP contribution in [0, 0.1) is 5.92 Å². The molecule has 6 heteroatoms. The van der Waals surface area contributed by atoms with Gasteiger partial charge in [0.15, 0.2) is 0 Å². The number of halogens is 1. The Kier molecular flexibility index (Phi) is 3.97. The molecule has 0 spiro atoms. The molecule has 2 aromatic heterocycles. The first-order valence-electron chi connectivity index (χ1n) is 6.56. The highest BCUT2D eigenvalue weighted by atomic mass is 35.5. The maximum absolute atomic E-state index is 5.85. The van der Waals surface area contributed by atoms with Crippen LogP contribution in [0.1, 0.15) is 6.42 Å². The van der Waals surface area contributed by atoms with Crippen molar-refractivity contribution < 1.29 is 4.74 Å². The molecule has 0 saturated carbocycles. The zero-order valence-corrected chi connectivity index (χ0v) is 11.7. The van der Waals surface area contributed by atoms with E-state index in [-0.39, 0.29) is 0 Å². The second-order valence-corrected chi connectivity index (χ2v) is 5.23. The van der Waals surface area contributed by atoms with E-state index >= 15 is 0 Å². The molecule has 5 nitrogen and oxygen atoms in total. The van der Waals surface area contributed by atoms with Gasteiger partial charge in [0.25, 0.3) is 0 Å². The van der Waals surface area contributed by atoms with E-state index in [1.807, 2.05) is 12.1 Å². The van der Waals surface area contributed by atoms with Gasteiger partial charge in [-0.05, 0) is 18.6 Å². The minimum Gasteiger partial charge on any atom is -0.476 e. The van der Waals surface area contributed by atoms with Gasteiger partial charge in [0.2, 0.25) is 5.88 Å². The first kappa shape index (κ1) is 13.1. The van der Waals surface area contributed by atoms with Crippen LogP contribution >= 0.6 is 11.6 Å². The summed E-state index contributed by atoms with van der Waals surface area (Å²) in [6, 6.07) is 3.82. The molecular weight excluding hydrogens is 276 g/mol. The molecule has 0 N–H and O–H groups in total. The van der Waals surface area contributed by atoms with E-state index in [9.17, 15) is 0 Å². The smallest absolute Gasteiger partial charge is 0.232 e. The molecule has 0 amide bonds. The van der Waals surface area contributed by atoms with Crippen LogP contribution in [0.15, 0.2) is 36.9 Å². The van der Waals surface area contributed by atoms with E-state index in [0.29, 0.717) is 23.4 Å². The molecule has 1 saturated heterocycles. The Hall–Kier alpha value is -1.88. The standard InChI is InChI=1S/C14H15ClN4O/c15-12-1-2-13(18-7-12)19-6-3-11(9-19)10-20-14-8-16-4-5-17-14/h1-2,4-5,7-8,11H,3,6,9-10H2. The molecular formula is C14H15ClN4O. The zero-order valence-electron chi connectivity index (χ0n) is 10.9. The Balaban J connectivity index is 1.53. The fraction of sp³-hybridized carbons (Fsp3) is 0.357. The number of nitrogens with zero attached hydrogens (tertiary/aromatic N) is 4. The fourth-order valence-corrected chi connectivity index (χ4v) is 2.41. The van der Waals surface area contributed by atoms with E-state index < -0.39 is 0 Å². The molecule has 20 heavy (non-hydrogen) atoms. The maximum atomic E-state index is 5.85. The van der Waals surface area contributed by atoms with Crippen LogP contribution in [0.5, 0.6) is 5.88 Å². The van der Waals surface area contributed by atoms with Crippen LogP contribution in [0.2, 0.25) is 5.02 Å².